The number of aromatic amines is 1. The van der Waals surface area contributed by atoms with Crippen LogP contribution in [0.1, 0.15) is 35.3 Å². The lowest BCUT2D eigenvalue weighted by molar-refractivity contribution is -0.154. The first kappa shape index (κ1) is 27.9. The molecule has 1 saturated heterocycles. The van der Waals surface area contributed by atoms with Crippen LogP contribution in [0.5, 0.6) is 5.75 Å². The third-order valence-corrected chi connectivity index (χ3v) is 12.0. The Bertz CT molecular complexity index is 1730. The minimum Gasteiger partial charge on any atom is -0.483 e. The minimum absolute atomic E-state index is 0.0523. The van der Waals surface area contributed by atoms with E-state index < -0.39 is 35.7 Å². The summed E-state index contributed by atoms with van der Waals surface area (Å²) < 4.78 is 6.11. The molecule has 2 aliphatic heterocycles. The number of nitrogens with one attached hydrogen (secondary N) is 2. The number of carboxylic acid groups (broad SMARTS) is 1. The molecule has 1 aromatic heterocycles. The molecular weight excluding hydrogens is 590 g/mol. The summed E-state index contributed by atoms with van der Waals surface area (Å²) in [6.45, 7) is 3.10. The number of thioether (sulfide) groups is 1. The number of aryl methyl sites for hydroxylation is 1. The van der Waals surface area contributed by atoms with Crippen molar-refractivity contribution in [2.45, 2.75) is 42.5 Å². The number of hydrogen-bond acceptors (Lipinski definition) is 8. The van der Waals surface area contributed by atoms with Gasteiger partial charge in [-0.15, -0.1) is 11.8 Å². The molecule has 0 spiro atoms. The van der Waals surface area contributed by atoms with Crippen LogP contribution in [0.3, 0.4) is 0 Å². The number of amides is 3. The van der Waals surface area contributed by atoms with Gasteiger partial charge in [-0.3, -0.25) is 24.1 Å². The zero-order valence-electron chi connectivity index (χ0n) is 23.3. The number of carboxylic acids is 1. The van der Waals surface area contributed by atoms with Crippen molar-refractivity contribution in [1.29, 1.82) is 0 Å². The van der Waals surface area contributed by atoms with Gasteiger partial charge in [-0.2, -0.15) is 0 Å². The molecule has 3 heterocycles. The number of ether oxygens (including phenoxy) is 1. The molecule has 2 aliphatic carbocycles. The third-order valence-electron chi connectivity index (χ3n) is 9.42. The molecule has 10 nitrogen and oxygen atoms in total. The molecule has 4 aliphatic rings. The van der Waals surface area contributed by atoms with E-state index in [0.29, 0.717) is 17.9 Å². The fraction of sp³-hybridized carbons (Fsp3) is 0.387. The molecule has 8 atom stereocenters. The van der Waals surface area contributed by atoms with Gasteiger partial charge in [-0.25, -0.2) is 4.79 Å². The van der Waals surface area contributed by atoms with Crippen molar-refractivity contribution < 1.29 is 29.0 Å². The Labute approximate surface area is 254 Å². The van der Waals surface area contributed by atoms with E-state index in [1.807, 2.05) is 49.4 Å². The maximum atomic E-state index is 13.6. The van der Waals surface area contributed by atoms with Crippen LogP contribution in [0.25, 0.3) is 0 Å². The number of fused-ring (bicyclic) bond motifs is 9. The van der Waals surface area contributed by atoms with E-state index in [1.165, 1.54) is 6.92 Å². The van der Waals surface area contributed by atoms with Gasteiger partial charge < -0.3 is 20.1 Å². The first-order valence-electron chi connectivity index (χ1n) is 14.2. The van der Waals surface area contributed by atoms with Crippen molar-refractivity contribution in [1.82, 2.24) is 9.88 Å². The molecule has 3 amide bonds. The second-order valence-electron chi connectivity index (χ2n) is 11.8. The normalized spacial score (nSPS) is 29.2. The summed E-state index contributed by atoms with van der Waals surface area (Å²) in [5.74, 6) is -3.64. The van der Waals surface area contributed by atoms with Crippen molar-refractivity contribution >= 4 is 52.5 Å². The van der Waals surface area contributed by atoms with Crippen LogP contribution in [0.2, 0.25) is 0 Å². The molecule has 3 N–H and O–H groups in total. The quantitative estimate of drug-likeness (QED) is 0.340. The van der Waals surface area contributed by atoms with E-state index in [2.05, 4.69) is 10.3 Å². The number of carbonyl (C=O) groups is 4. The number of H-pyrrole nitrogens is 1. The van der Waals surface area contributed by atoms with Gasteiger partial charge in [0.15, 0.2) is 6.61 Å². The van der Waals surface area contributed by atoms with E-state index in [4.69, 9.17) is 4.74 Å². The number of anilines is 1. The zero-order valence-corrected chi connectivity index (χ0v) is 24.9. The fourth-order valence-electron chi connectivity index (χ4n) is 7.81. The number of aromatic nitrogens is 1. The fourth-order valence-corrected chi connectivity index (χ4v) is 10.7. The Hall–Kier alpha value is -3.90. The van der Waals surface area contributed by atoms with E-state index in [-0.39, 0.29) is 46.3 Å². The minimum atomic E-state index is -1.23. The van der Waals surface area contributed by atoms with Gasteiger partial charge in [-0.05, 0) is 61.8 Å². The van der Waals surface area contributed by atoms with Crippen LogP contribution in [0.4, 0.5) is 5.69 Å². The summed E-state index contributed by atoms with van der Waals surface area (Å²) in [6.07, 6.45) is 0.683. The van der Waals surface area contributed by atoms with Gasteiger partial charge in [0.1, 0.15) is 11.8 Å². The van der Waals surface area contributed by atoms with Gasteiger partial charge in [0, 0.05) is 27.3 Å². The van der Waals surface area contributed by atoms with Crippen LogP contribution in [-0.2, 0) is 19.2 Å². The lowest BCUT2D eigenvalue weighted by atomic mass is 9.68. The summed E-state index contributed by atoms with van der Waals surface area (Å²) in [7, 11) is 0. The van der Waals surface area contributed by atoms with Crippen LogP contribution in [0, 0.1) is 36.5 Å². The Morgan fingerprint density at radius 1 is 1.09 bits per heavy atom. The van der Waals surface area contributed by atoms with Gasteiger partial charge in [-0.1, -0.05) is 41.7 Å². The number of carbonyl (C=O) groups excluding carboxylic acids is 3. The van der Waals surface area contributed by atoms with Crippen molar-refractivity contribution in [3.63, 3.8) is 0 Å². The zero-order chi connectivity index (χ0) is 30.2. The molecular formula is C31H29N3O7S2. The number of thiazole rings is 1. The molecule has 0 radical (unpaired) electrons. The van der Waals surface area contributed by atoms with Crippen LogP contribution in [-0.4, -0.2) is 56.6 Å². The van der Waals surface area contributed by atoms with E-state index in [9.17, 15) is 29.1 Å². The molecule has 12 heteroatoms. The van der Waals surface area contributed by atoms with Gasteiger partial charge in [0.2, 0.25) is 11.8 Å². The number of imide groups is 1. The average Bonchev–Trinajstić information content (AvgIpc) is 3.70. The Morgan fingerprint density at radius 2 is 1.84 bits per heavy atom. The largest absolute Gasteiger partial charge is 0.483 e. The van der Waals surface area contributed by atoms with Crippen LogP contribution < -0.4 is 14.9 Å². The van der Waals surface area contributed by atoms with Crippen molar-refractivity contribution in [3.8, 4) is 5.75 Å². The molecule has 2 bridgehead atoms. The van der Waals surface area contributed by atoms with Gasteiger partial charge in [0.25, 0.3) is 5.91 Å². The summed E-state index contributed by atoms with van der Waals surface area (Å²) >= 11 is 2.69. The molecule has 2 aromatic carbocycles. The highest BCUT2D eigenvalue weighted by molar-refractivity contribution is 8.00. The molecule has 222 valence electrons. The number of nitrogens with zero attached hydrogens (tertiary/aromatic N) is 1. The molecule has 7 unspecified atom stereocenters. The summed E-state index contributed by atoms with van der Waals surface area (Å²) in [4.78, 5) is 68.9. The highest BCUT2D eigenvalue weighted by atomic mass is 32.2. The van der Waals surface area contributed by atoms with Crippen LogP contribution in [0.15, 0.2) is 58.4 Å². The summed E-state index contributed by atoms with van der Waals surface area (Å²) in [5, 5.41) is 13.2. The van der Waals surface area contributed by atoms with Crippen molar-refractivity contribution in [2.24, 2.45) is 29.6 Å². The molecule has 3 fully saturated rings. The van der Waals surface area contributed by atoms with Crippen LogP contribution >= 0.6 is 23.1 Å². The van der Waals surface area contributed by atoms with E-state index in [1.54, 1.807) is 17.8 Å². The number of benzene rings is 2. The number of hydrogen-bond donors (Lipinski definition) is 3. The third kappa shape index (κ3) is 4.41. The molecule has 3 aromatic rings. The molecule has 7 rings (SSSR count). The average molecular weight is 620 g/mol. The first-order chi connectivity index (χ1) is 20.6. The molecule has 43 heavy (non-hydrogen) atoms. The second-order valence-corrected chi connectivity index (χ2v) is 14.0. The van der Waals surface area contributed by atoms with Gasteiger partial charge >= 0.3 is 10.8 Å². The Balaban J connectivity index is 1.22. The van der Waals surface area contributed by atoms with E-state index in [0.717, 1.165) is 37.3 Å². The number of rotatable bonds is 7. The second kappa shape index (κ2) is 10.4. The molecule has 2 saturated carbocycles. The van der Waals surface area contributed by atoms with Crippen molar-refractivity contribution in [2.75, 3.05) is 11.9 Å². The number of aliphatic carboxylic acids is 1. The predicted octanol–water partition coefficient (Wildman–Crippen LogP) is 3.71. The maximum absolute atomic E-state index is 13.6. The number of likely N-dealkylation sites (tertiary alicyclic amines) is 1. The predicted molar refractivity (Wildman–Crippen MR) is 159 cm³/mol. The van der Waals surface area contributed by atoms with Gasteiger partial charge in [0.05, 0.1) is 16.9 Å². The topological polar surface area (TPSA) is 146 Å². The monoisotopic (exact) mass is 619 g/mol. The number of para-hydroxylation sites is 1. The highest BCUT2D eigenvalue weighted by Crippen LogP contribution is 2.69. The highest BCUT2D eigenvalue weighted by Gasteiger charge is 2.70. The lowest BCUT2D eigenvalue weighted by Gasteiger charge is -2.43. The smallest absolute Gasteiger partial charge is 0.326 e. The standard InChI is InChI=1S/C31H29N3O7S2/c1-13-6-5-7-15(10-13)32-20(35)12-41-19-9-4-3-8-16(19)21-22-17-11-18(25(22)42-27-26(21)43-31(40)33-27)24-23(17)28(36)34(29(24)37)14(2)30(38)39/h3-10,14,17-18,21-25H,11-12H2,1-2H3,(H,32,35)(H,33,40)(H,38,39)/t14?,17?,18?,21-,22?,23?,24?,25?/m1/s1. The summed E-state index contributed by atoms with van der Waals surface area (Å²) in [5.41, 5.74) is 2.51. The lowest BCUT2D eigenvalue weighted by Crippen LogP contribution is -2.44. The summed E-state index contributed by atoms with van der Waals surface area (Å²) in [6, 6.07) is 13.7. The Morgan fingerprint density at radius 3 is 2.58 bits per heavy atom. The maximum Gasteiger partial charge on any atom is 0.326 e. The SMILES string of the molecule is Cc1cccc(NC(=O)COc2ccccc2[C@H]2c3sc(=O)[nH]c3SC3C4CC(C5C(=O)N(C(C)C(=O)O)C(=O)C45)C32)c1. The Kier molecular flexibility index (Phi) is 6.73. The van der Waals surface area contributed by atoms with Crippen molar-refractivity contribution in [3.05, 3.63) is 74.2 Å². The van der Waals surface area contributed by atoms with E-state index >= 15 is 0 Å². The first-order valence-corrected chi connectivity index (χ1v) is 15.9.